The number of benzene rings is 1. The Balaban J connectivity index is 1.55. The van der Waals surface area contributed by atoms with Crippen molar-refractivity contribution in [2.75, 3.05) is 6.54 Å². The Morgan fingerprint density at radius 1 is 1.26 bits per heavy atom. The van der Waals surface area contributed by atoms with Crippen molar-refractivity contribution in [1.29, 1.82) is 0 Å². The maximum absolute atomic E-state index is 13.7. The number of aryl methyl sites for hydroxylation is 1. The van der Waals surface area contributed by atoms with E-state index in [1.165, 1.54) is 6.07 Å². The van der Waals surface area contributed by atoms with Crippen molar-refractivity contribution in [2.45, 2.75) is 25.6 Å². The SMILES string of the molecule is C=C1CC(c2nc3cc(Cl)c(C(F)(F)F)cc3[nH]2)N(C(=O)c2nc(C)ccc2-n2cccn2)C1. The number of aromatic nitrogens is 5. The van der Waals surface area contributed by atoms with E-state index < -0.39 is 22.8 Å². The molecule has 1 N–H and O–H groups in total. The average Bonchev–Trinajstić information content (AvgIpc) is 3.51. The fourth-order valence-electron chi connectivity index (χ4n) is 4.12. The van der Waals surface area contributed by atoms with Crippen molar-refractivity contribution in [1.82, 2.24) is 29.6 Å². The molecule has 0 saturated carbocycles. The van der Waals surface area contributed by atoms with Gasteiger partial charge in [0.2, 0.25) is 0 Å². The van der Waals surface area contributed by atoms with E-state index in [4.69, 9.17) is 11.6 Å². The van der Waals surface area contributed by atoms with Gasteiger partial charge in [0.05, 0.1) is 33.3 Å². The van der Waals surface area contributed by atoms with Crippen LogP contribution in [0.3, 0.4) is 0 Å². The second kappa shape index (κ2) is 7.98. The number of hydrogen-bond donors (Lipinski definition) is 1. The molecule has 0 bridgehead atoms. The Labute approximate surface area is 196 Å². The van der Waals surface area contributed by atoms with E-state index in [1.54, 1.807) is 47.1 Å². The van der Waals surface area contributed by atoms with Crippen molar-refractivity contribution < 1.29 is 18.0 Å². The molecule has 4 heterocycles. The molecule has 11 heteroatoms. The highest BCUT2D eigenvalue weighted by Crippen LogP contribution is 2.39. The number of aromatic amines is 1. The van der Waals surface area contributed by atoms with Gasteiger partial charge in [0, 0.05) is 24.6 Å². The number of halogens is 4. The molecular weight excluding hydrogens is 469 g/mol. The lowest BCUT2D eigenvalue weighted by molar-refractivity contribution is -0.137. The lowest BCUT2D eigenvalue weighted by Crippen LogP contribution is -2.33. The van der Waals surface area contributed by atoms with Crippen LogP contribution < -0.4 is 0 Å². The maximum atomic E-state index is 13.7. The second-order valence-corrected chi connectivity index (χ2v) is 8.55. The summed E-state index contributed by atoms with van der Waals surface area (Å²) in [7, 11) is 0. The quantitative estimate of drug-likeness (QED) is 0.400. The summed E-state index contributed by atoms with van der Waals surface area (Å²) < 4.78 is 41.4. The predicted molar refractivity (Wildman–Crippen MR) is 120 cm³/mol. The molecule has 1 amide bonds. The molecule has 1 fully saturated rings. The fourth-order valence-corrected chi connectivity index (χ4v) is 4.39. The van der Waals surface area contributed by atoms with Crippen LogP contribution in [0.25, 0.3) is 16.7 Å². The number of H-pyrrole nitrogens is 1. The first-order valence-electron chi connectivity index (χ1n) is 10.3. The summed E-state index contributed by atoms with van der Waals surface area (Å²) in [5.74, 6) is -0.00185. The number of alkyl halides is 3. The van der Waals surface area contributed by atoms with Crippen LogP contribution in [-0.4, -0.2) is 42.1 Å². The zero-order valence-corrected chi connectivity index (χ0v) is 18.7. The van der Waals surface area contributed by atoms with Crippen molar-refractivity contribution in [3.8, 4) is 5.69 Å². The van der Waals surface area contributed by atoms with Gasteiger partial charge in [-0.05, 0) is 43.7 Å². The molecule has 174 valence electrons. The van der Waals surface area contributed by atoms with E-state index in [1.807, 2.05) is 0 Å². The Bertz CT molecular complexity index is 1430. The van der Waals surface area contributed by atoms with Gasteiger partial charge >= 0.3 is 6.18 Å². The Morgan fingerprint density at radius 3 is 2.76 bits per heavy atom. The minimum absolute atomic E-state index is 0.183. The molecular formula is C23H18ClF3N6O. The third-order valence-electron chi connectivity index (χ3n) is 5.69. The van der Waals surface area contributed by atoms with Crippen LogP contribution in [-0.2, 0) is 6.18 Å². The first kappa shape index (κ1) is 22.1. The van der Waals surface area contributed by atoms with Crippen LogP contribution >= 0.6 is 11.6 Å². The molecule has 0 spiro atoms. The molecule has 1 unspecified atom stereocenters. The van der Waals surface area contributed by atoms with Gasteiger partial charge in [-0.1, -0.05) is 23.8 Å². The normalized spacial score (nSPS) is 16.6. The minimum Gasteiger partial charge on any atom is -0.340 e. The minimum atomic E-state index is -4.60. The number of carbonyl (C=O) groups excluding carboxylic acids is 1. The van der Waals surface area contributed by atoms with Crippen LogP contribution in [0.4, 0.5) is 13.2 Å². The summed E-state index contributed by atoms with van der Waals surface area (Å²) in [5, 5.41) is 3.77. The van der Waals surface area contributed by atoms with Crippen LogP contribution in [0, 0.1) is 6.92 Å². The van der Waals surface area contributed by atoms with Gasteiger partial charge in [-0.15, -0.1) is 0 Å². The molecule has 3 aromatic heterocycles. The Morgan fingerprint density at radius 2 is 2.06 bits per heavy atom. The molecule has 4 aromatic rings. The van der Waals surface area contributed by atoms with Crippen molar-refractivity contribution >= 4 is 28.5 Å². The zero-order valence-electron chi connectivity index (χ0n) is 17.9. The number of likely N-dealkylation sites (tertiary alicyclic amines) is 1. The largest absolute Gasteiger partial charge is 0.417 e. The third-order valence-corrected chi connectivity index (χ3v) is 6.00. The first-order valence-corrected chi connectivity index (χ1v) is 10.7. The van der Waals surface area contributed by atoms with Crippen molar-refractivity contribution in [3.63, 3.8) is 0 Å². The summed E-state index contributed by atoms with van der Waals surface area (Å²) in [4.78, 5) is 27.1. The number of hydrogen-bond acceptors (Lipinski definition) is 4. The molecule has 1 saturated heterocycles. The van der Waals surface area contributed by atoms with E-state index >= 15 is 0 Å². The highest BCUT2D eigenvalue weighted by atomic mass is 35.5. The van der Waals surface area contributed by atoms with E-state index in [2.05, 4.69) is 26.6 Å². The first-order chi connectivity index (χ1) is 16.1. The standard InChI is InChI=1S/C23H18ClF3N6O/c1-12-8-19(21-30-16-9-14(23(25,26)27)15(24)10-17(16)31-21)32(11-12)22(34)20-18(5-4-13(2)29-20)33-7-3-6-28-33/h3-7,9-10,19H,1,8,11H2,2H3,(H,30,31). The van der Waals surface area contributed by atoms with Gasteiger partial charge in [0.15, 0.2) is 5.69 Å². The summed E-state index contributed by atoms with van der Waals surface area (Å²) in [6, 6.07) is 6.85. The molecule has 1 aliphatic heterocycles. The predicted octanol–water partition coefficient (Wildman–Crippen LogP) is 5.27. The molecule has 1 atom stereocenters. The number of nitrogens with one attached hydrogen (secondary N) is 1. The van der Waals surface area contributed by atoms with Crippen LogP contribution in [0.5, 0.6) is 0 Å². The van der Waals surface area contributed by atoms with E-state index in [9.17, 15) is 18.0 Å². The number of fused-ring (bicyclic) bond motifs is 1. The molecule has 34 heavy (non-hydrogen) atoms. The molecule has 7 nitrogen and oxygen atoms in total. The number of rotatable bonds is 3. The van der Waals surface area contributed by atoms with Gasteiger partial charge in [-0.2, -0.15) is 18.3 Å². The summed E-state index contributed by atoms with van der Waals surface area (Å²) in [6.45, 7) is 6.07. The van der Waals surface area contributed by atoms with Gasteiger partial charge in [-0.25, -0.2) is 14.6 Å². The third kappa shape index (κ3) is 3.83. The molecule has 0 aliphatic carbocycles. The summed E-state index contributed by atoms with van der Waals surface area (Å²) >= 11 is 5.85. The average molecular weight is 487 g/mol. The summed E-state index contributed by atoms with van der Waals surface area (Å²) in [6.07, 6.45) is -0.873. The second-order valence-electron chi connectivity index (χ2n) is 8.14. The Kier molecular flexibility index (Phi) is 5.20. The molecule has 0 radical (unpaired) electrons. The maximum Gasteiger partial charge on any atom is 0.417 e. The number of carbonyl (C=O) groups is 1. The molecule has 5 rings (SSSR count). The van der Waals surface area contributed by atoms with Crippen LogP contribution in [0.1, 0.15) is 40.0 Å². The molecule has 1 aliphatic rings. The van der Waals surface area contributed by atoms with Crippen LogP contribution in [0.2, 0.25) is 5.02 Å². The van der Waals surface area contributed by atoms with E-state index in [-0.39, 0.29) is 29.2 Å². The highest BCUT2D eigenvalue weighted by Gasteiger charge is 2.37. The van der Waals surface area contributed by atoms with Crippen molar-refractivity contribution in [3.05, 3.63) is 82.7 Å². The summed E-state index contributed by atoms with van der Waals surface area (Å²) in [5.41, 5.74) is 1.69. The van der Waals surface area contributed by atoms with E-state index in [0.717, 1.165) is 11.6 Å². The topological polar surface area (TPSA) is 79.7 Å². The number of nitrogens with zero attached hydrogens (tertiary/aromatic N) is 5. The smallest absolute Gasteiger partial charge is 0.340 e. The lowest BCUT2D eigenvalue weighted by atomic mass is 10.1. The lowest BCUT2D eigenvalue weighted by Gasteiger charge is -2.23. The van der Waals surface area contributed by atoms with Crippen LogP contribution in [0.15, 0.2) is 54.9 Å². The number of pyridine rings is 1. The van der Waals surface area contributed by atoms with E-state index in [0.29, 0.717) is 23.6 Å². The zero-order chi connectivity index (χ0) is 24.2. The number of imidazole rings is 1. The van der Waals surface area contributed by atoms with Crippen molar-refractivity contribution in [2.24, 2.45) is 0 Å². The van der Waals surface area contributed by atoms with Gasteiger partial charge in [-0.3, -0.25) is 4.79 Å². The fraction of sp³-hybridized carbons (Fsp3) is 0.217. The Hall–Kier alpha value is -3.66. The highest BCUT2D eigenvalue weighted by molar-refractivity contribution is 6.32. The van der Waals surface area contributed by atoms with Gasteiger partial charge in [0.1, 0.15) is 5.82 Å². The monoisotopic (exact) mass is 486 g/mol. The van der Waals surface area contributed by atoms with Gasteiger partial charge in [0.25, 0.3) is 5.91 Å². The van der Waals surface area contributed by atoms with Gasteiger partial charge < -0.3 is 9.88 Å². The number of amides is 1. The molecule has 1 aromatic carbocycles.